The molecule has 6 rings (SSSR count). The van der Waals surface area contributed by atoms with Crippen molar-refractivity contribution in [3.8, 4) is 27.4 Å². The van der Waals surface area contributed by atoms with Crippen molar-refractivity contribution in [1.29, 1.82) is 0 Å². The molecular formula is C26H15Cl2N3O2S. The first-order valence-corrected chi connectivity index (χ1v) is 12.0. The van der Waals surface area contributed by atoms with Gasteiger partial charge in [-0.05, 0) is 59.7 Å². The third-order valence-electron chi connectivity index (χ3n) is 5.58. The number of carbonyl (C=O) groups is 1. The van der Waals surface area contributed by atoms with E-state index in [-0.39, 0.29) is 5.97 Å². The lowest BCUT2D eigenvalue weighted by Gasteiger charge is -2.08. The van der Waals surface area contributed by atoms with Crippen molar-refractivity contribution < 1.29 is 9.53 Å². The number of pyridine rings is 2. The van der Waals surface area contributed by atoms with E-state index in [0.29, 0.717) is 15.4 Å². The monoisotopic (exact) mass is 503 g/mol. The van der Waals surface area contributed by atoms with Gasteiger partial charge < -0.3 is 9.72 Å². The maximum Gasteiger partial charge on any atom is 0.308 e. The number of aromatic nitrogens is 3. The molecule has 0 atom stereocenters. The standard InChI is InChI=1S/C26H15Cl2N3O2S/c1-13(32)33-23-12-20-26(34-23)24(16-2-6-18-14(10-16)4-8-21(27)29-18)25(31-20)17-3-7-19-15(11-17)5-9-22(28)30-19/h2-12,31H,1H3. The van der Waals surface area contributed by atoms with Gasteiger partial charge in [0.25, 0.3) is 0 Å². The first kappa shape index (κ1) is 21.1. The van der Waals surface area contributed by atoms with Crippen molar-refractivity contribution in [1.82, 2.24) is 15.0 Å². The maximum absolute atomic E-state index is 11.5. The average Bonchev–Trinajstić information content (AvgIpc) is 3.35. The molecule has 0 radical (unpaired) electrons. The minimum atomic E-state index is -0.347. The summed E-state index contributed by atoms with van der Waals surface area (Å²) in [6.45, 7) is 1.40. The molecule has 0 spiro atoms. The minimum Gasteiger partial charge on any atom is -0.415 e. The van der Waals surface area contributed by atoms with Gasteiger partial charge in [0.2, 0.25) is 0 Å². The molecule has 1 N–H and O–H groups in total. The number of halogens is 2. The van der Waals surface area contributed by atoms with Gasteiger partial charge in [0, 0.05) is 29.3 Å². The van der Waals surface area contributed by atoms with Crippen molar-refractivity contribution >= 4 is 72.5 Å². The number of nitrogens with one attached hydrogen (secondary N) is 1. The number of esters is 1. The first-order chi connectivity index (χ1) is 16.4. The van der Waals surface area contributed by atoms with Crippen LogP contribution in [0.25, 0.3) is 54.4 Å². The molecule has 8 heteroatoms. The lowest BCUT2D eigenvalue weighted by atomic mass is 9.99. The van der Waals surface area contributed by atoms with E-state index in [0.717, 1.165) is 54.4 Å². The largest absolute Gasteiger partial charge is 0.415 e. The average molecular weight is 504 g/mol. The van der Waals surface area contributed by atoms with E-state index in [1.807, 2.05) is 42.5 Å². The lowest BCUT2D eigenvalue weighted by Crippen LogP contribution is -1.99. The number of aromatic amines is 1. The molecule has 0 aliphatic rings. The smallest absolute Gasteiger partial charge is 0.308 e. The number of hydrogen-bond donors (Lipinski definition) is 1. The third kappa shape index (κ3) is 3.70. The predicted octanol–water partition coefficient (Wildman–Crippen LogP) is 7.89. The van der Waals surface area contributed by atoms with Gasteiger partial charge in [-0.3, -0.25) is 4.79 Å². The van der Waals surface area contributed by atoms with Crippen LogP contribution in [0.5, 0.6) is 5.06 Å². The summed E-state index contributed by atoms with van der Waals surface area (Å²) in [6.07, 6.45) is 0. The Kier molecular flexibility index (Phi) is 5.03. The van der Waals surface area contributed by atoms with E-state index in [4.69, 9.17) is 27.9 Å². The normalized spacial score (nSPS) is 11.5. The molecule has 0 aliphatic heterocycles. The van der Waals surface area contributed by atoms with Gasteiger partial charge in [-0.15, -0.1) is 0 Å². The van der Waals surface area contributed by atoms with Gasteiger partial charge in [0.1, 0.15) is 10.3 Å². The number of hydrogen-bond acceptors (Lipinski definition) is 5. The Labute approximate surface area is 207 Å². The lowest BCUT2D eigenvalue weighted by molar-refractivity contribution is -0.131. The number of thiophene rings is 1. The highest BCUT2D eigenvalue weighted by Crippen LogP contribution is 2.45. The number of ether oxygens (including phenoxy) is 1. The Hall–Kier alpha value is -3.45. The van der Waals surface area contributed by atoms with Crippen LogP contribution in [0.1, 0.15) is 6.92 Å². The summed E-state index contributed by atoms with van der Waals surface area (Å²) in [4.78, 5) is 23.9. The molecule has 0 unspecified atom stereocenters. The summed E-state index contributed by atoms with van der Waals surface area (Å²) < 4.78 is 6.36. The molecule has 166 valence electrons. The number of benzene rings is 2. The Bertz CT molecular complexity index is 1760. The minimum absolute atomic E-state index is 0.347. The van der Waals surface area contributed by atoms with E-state index in [1.165, 1.54) is 18.3 Å². The third-order valence-corrected chi connectivity index (χ3v) is 7.03. The van der Waals surface area contributed by atoms with Crippen LogP contribution < -0.4 is 4.74 Å². The molecule has 0 amide bonds. The summed E-state index contributed by atoms with van der Waals surface area (Å²) in [5.41, 5.74) is 6.57. The number of carbonyl (C=O) groups excluding carboxylic acids is 1. The highest BCUT2D eigenvalue weighted by atomic mass is 35.5. The van der Waals surface area contributed by atoms with E-state index in [2.05, 4.69) is 27.1 Å². The number of fused-ring (bicyclic) bond motifs is 3. The molecular weight excluding hydrogens is 489 g/mol. The number of nitrogens with zero attached hydrogens (tertiary/aromatic N) is 2. The fourth-order valence-corrected chi connectivity index (χ4v) is 5.54. The van der Waals surface area contributed by atoms with Gasteiger partial charge in [-0.1, -0.05) is 46.7 Å². The SMILES string of the molecule is CC(=O)Oc1cc2[nH]c(-c3ccc4nc(Cl)ccc4c3)c(-c3ccc4nc(Cl)ccc4c3)c2s1. The number of H-pyrrole nitrogens is 1. The zero-order valence-electron chi connectivity index (χ0n) is 17.7. The van der Waals surface area contributed by atoms with E-state index >= 15 is 0 Å². The Morgan fingerprint density at radius 1 is 0.853 bits per heavy atom. The summed E-state index contributed by atoms with van der Waals surface area (Å²) in [5.74, 6) is -0.347. The topological polar surface area (TPSA) is 67.9 Å². The van der Waals surface area contributed by atoms with E-state index < -0.39 is 0 Å². The summed E-state index contributed by atoms with van der Waals surface area (Å²) in [6, 6.07) is 21.5. The van der Waals surface area contributed by atoms with Crippen LogP contribution in [-0.4, -0.2) is 20.9 Å². The Morgan fingerprint density at radius 3 is 2.12 bits per heavy atom. The molecule has 34 heavy (non-hydrogen) atoms. The second-order valence-electron chi connectivity index (χ2n) is 7.86. The zero-order valence-corrected chi connectivity index (χ0v) is 20.1. The quantitative estimate of drug-likeness (QED) is 0.197. The van der Waals surface area contributed by atoms with E-state index in [1.54, 1.807) is 12.1 Å². The maximum atomic E-state index is 11.5. The van der Waals surface area contributed by atoms with Crippen LogP contribution in [-0.2, 0) is 4.79 Å². The fraction of sp³-hybridized carbons (Fsp3) is 0.0385. The van der Waals surface area contributed by atoms with Crippen LogP contribution in [0, 0.1) is 0 Å². The van der Waals surface area contributed by atoms with Crippen molar-refractivity contribution in [3.05, 3.63) is 77.0 Å². The second kappa shape index (κ2) is 8.09. The zero-order chi connectivity index (χ0) is 23.4. The first-order valence-electron chi connectivity index (χ1n) is 10.4. The molecule has 5 nitrogen and oxygen atoms in total. The van der Waals surface area contributed by atoms with Crippen molar-refractivity contribution in [2.75, 3.05) is 0 Å². The molecule has 0 bridgehead atoms. The molecule has 0 aliphatic carbocycles. The fourth-order valence-electron chi connectivity index (χ4n) is 4.15. The van der Waals surface area contributed by atoms with Gasteiger partial charge in [-0.2, -0.15) is 0 Å². The van der Waals surface area contributed by atoms with Crippen molar-refractivity contribution in [2.45, 2.75) is 6.92 Å². The molecule has 0 saturated carbocycles. The summed E-state index contributed by atoms with van der Waals surface area (Å²) in [5, 5.41) is 3.44. The van der Waals surface area contributed by atoms with Crippen molar-refractivity contribution in [3.63, 3.8) is 0 Å². The summed E-state index contributed by atoms with van der Waals surface area (Å²) in [7, 11) is 0. The highest BCUT2D eigenvalue weighted by Gasteiger charge is 2.20. The van der Waals surface area contributed by atoms with Gasteiger partial charge in [0.15, 0.2) is 5.06 Å². The van der Waals surface area contributed by atoms with Crippen LogP contribution in [0.3, 0.4) is 0 Å². The predicted molar refractivity (Wildman–Crippen MR) is 139 cm³/mol. The number of rotatable bonds is 3. The molecule has 6 aromatic rings. The van der Waals surface area contributed by atoms with Crippen LogP contribution >= 0.6 is 34.5 Å². The molecule has 0 saturated heterocycles. The van der Waals surface area contributed by atoms with Crippen LogP contribution in [0.4, 0.5) is 0 Å². The summed E-state index contributed by atoms with van der Waals surface area (Å²) >= 11 is 13.6. The van der Waals surface area contributed by atoms with Crippen LogP contribution in [0.15, 0.2) is 66.7 Å². The van der Waals surface area contributed by atoms with Gasteiger partial charge in [0.05, 0.1) is 26.9 Å². The Balaban J connectivity index is 1.59. The molecule has 2 aromatic carbocycles. The highest BCUT2D eigenvalue weighted by molar-refractivity contribution is 7.21. The van der Waals surface area contributed by atoms with E-state index in [9.17, 15) is 4.79 Å². The molecule has 4 aromatic heterocycles. The van der Waals surface area contributed by atoms with Crippen molar-refractivity contribution in [2.24, 2.45) is 0 Å². The van der Waals surface area contributed by atoms with Gasteiger partial charge in [-0.25, -0.2) is 9.97 Å². The second-order valence-corrected chi connectivity index (χ2v) is 9.65. The molecule has 4 heterocycles. The Morgan fingerprint density at radius 2 is 1.47 bits per heavy atom. The molecule has 0 fully saturated rings. The van der Waals surface area contributed by atoms with Crippen LogP contribution in [0.2, 0.25) is 10.3 Å². The van der Waals surface area contributed by atoms with Gasteiger partial charge >= 0.3 is 5.97 Å².